The average Bonchev–Trinajstić information content (AvgIpc) is 2.23. The molecule has 1 aromatic rings. The van der Waals surface area contributed by atoms with Gasteiger partial charge in [0.1, 0.15) is 11.6 Å². The van der Waals surface area contributed by atoms with Gasteiger partial charge in [-0.05, 0) is 26.0 Å². The lowest BCUT2D eigenvalue weighted by Gasteiger charge is -2.17. The Labute approximate surface area is 99.4 Å². The number of rotatable bonds is 5. The van der Waals surface area contributed by atoms with E-state index in [9.17, 15) is 14.3 Å². The Balaban J connectivity index is 2.33. The van der Waals surface area contributed by atoms with E-state index in [-0.39, 0.29) is 19.1 Å². The molecule has 0 radical (unpaired) electrons. The molecule has 0 aliphatic heterocycles. The van der Waals surface area contributed by atoms with E-state index in [1.165, 1.54) is 18.2 Å². The van der Waals surface area contributed by atoms with E-state index in [0.29, 0.717) is 5.75 Å². The largest absolute Gasteiger partial charge is 0.484 e. The predicted molar refractivity (Wildman–Crippen MR) is 61.2 cm³/mol. The standard InChI is InChI=1S/C12H16FNO3/c1-12(2,16)8-14-11(15)7-17-10-5-3-4-9(13)6-10/h3-6,16H,7-8H2,1-2H3,(H,14,15). The summed E-state index contributed by atoms with van der Waals surface area (Å²) in [7, 11) is 0. The monoisotopic (exact) mass is 241 g/mol. The molecule has 0 aromatic heterocycles. The summed E-state index contributed by atoms with van der Waals surface area (Å²) >= 11 is 0. The third-order valence-corrected chi connectivity index (χ3v) is 1.88. The van der Waals surface area contributed by atoms with Crippen molar-refractivity contribution in [2.45, 2.75) is 19.4 Å². The van der Waals surface area contributed by atoms with E-state index in [2.05, 4.69) is 5.32 Å². The molecular formula is C12H16FNO3. The Morgan fingerprint density at radius 1 is 1.53 bits per heavy atom. The molecule has 2 N–H and O–H groups in total. The number of benzene rings is 1. The van der Waals surface area contributed by atoms with Crippen molar-refractivity contribution in [3.63, 3.8) is 0 Å². The zero-order valence-corrected chi connectivity index (χ0v) is 9.87. The maximum absolute atomic E-state index is 12.8. The Morgan fingerprint density at radius 3 is 2.82 bits per heavy atom. The van der Waals surface area contributed by atoms with Gasteiger partial charge in [-0.3, -0.25) is 4.79 Å². The van der Waals surface area contributed by atoms with E-state index in [1.807, 2.05) is 0 Å². The first-order chi connectivity index (χ1) is 7.87. The summed E-state index contributed by atoms with van der Waals surface area (Å²) in [6.07, 6.45) is 0. The number of ether oxygens (including phenoxy) is 1. The molecule has 0 heterocycles. The molecule has 0 saturated heterocycles. The van der Waals surface area contributed by atoms with Crippen LogP contribution in [0, 0.1) is 5.82 Å². The van der Waals surface area contributed by atoms with Crippen LogP contribution in [-0.4, -0.2) is 29.8 Å². The fourth-order valence-corrected chi connectivity index (χ4v) is 1.07. The third-order valence-electron chi connectivity index (χ3n) is 1.88. The van der Waals surface area contributed by atoms with Gasteiger partial charge in [-0.15, -0.1) is 0 Å². The van der Waals surface area contributed by atoms with E-state index in [4.69, 9.17) is 4.74 Å². The highest BCUT2D eigenvalue weighted by atomic mass is 19.1. The molecule has 0 spiro atoms. The second kappa shape index (κ2) is 5.63. The predicted octanol–water partition coefficient (Wildman–Crippen LogP) is 1.09. The van der Waals surface area contributed by atoms with Crippen LogP contribution in [0.1, 0.15) is 13.8 Å². The minimum Gasteiger partial charge on any atom is -0.484 e. The molecule has 0 fully saturated rings. The molecule has 0 aliphatic carbocycles. The van der Waals surface area contributed by atoms with Gasteiger partial charge in [0, 0.05) is 12.6 Å². The van der Waals surface area contributed by atoms with Crippen molar-refractivity contribution in [3.8, 4) is 5.75 Å². The first-order valence-electron chi connectivity index (χ1n) is 5.24. The Hall–Kier alpha value is -1.62. The van der Waals surface area contributed by atoms with Gasteiger partial charge in [0.05, 0.1) is 5.60 Å². The van der Waals surface area contributed by atoms with Crippen LogP contribution in [0.3, 0.4) is 0 Å². The van der Waals surface area contributed by atoms with Crippen LogP contribution in [-0.2, 0) is 4.79 Å². The molecule has 1 amide bonds. The van der Waals surface area contributed by atoms with Crippen LogP contribution in [0.15, 0.2) is 24.3 Å². The van der Waals surface area contributed by atoms with Crippen molar-refractivity contribution in [2.24, 2.45) is 0 Å². The lowest BCUT2D eigenvalue weighted by molar-refractivity contribution is -0.124. The fraction of sp³-hybridized carbons (Fsp3) is 0.417. The highest BCUT2D eigenvalue weighted by Crippen LogP contribution is 2.11. The van der Waals surface area contributed by atoms with Gasteiger partial charge in [0.15, 0.2) is 6.61 Å². The summed E-state index contributed by atoms with van der Waals surface area (Å²) in [5, 5.41) is 11.9. The second-order valence-corrected chi connectivity index (χ2v) is 4.34. The molecule has 0 unspecified atom stereocenters. The summed E-state index contributed by atoms with van der Waals surface area (Å²) in [6, 6.07) is 5.55. The first-order valence-corrected chi connectivity index (χ1v) is 5.24. The molecule has 94 valence electrons. The molecule has 0 bridgehead atoms. The van der Waals surface area contributed by atoms with E-state index < -0.39 is 11.4 Å². The van der Waals surface area contributed by atoms with Crippen molar-refractivity contribution >= 4 is 5.91 Å². The SMILES string of the molecule is CC(C)(O)CNC(=O)COc1cccc(F)c1. The molecule has 1 rings (SSSR count). The topological polar surface area (TPSA) is 58.6 Å². The number of amides is 1. The smallest absolute Gasteiger partial charge is 0.258 e. The normalized spacial score (nSPS) is 11.1. The van der Waals surface area contributed by atoms with E-state index >= 15 is 0 Å². The van der Waals surface area contributed by atoms with Crippen molar-refractivity contribution in [3.05, 3.63) is 30.1 Å². The molecule has 0 saturated carbocycles. The van der Waals surface area contributed by atoms with Gasteiger partial charge in [0.2, 0.25) is 0 Å². The highest BCUT2D eigenvalue weighted by Gasteiger charge is 2.13. The highest BCUT2D eigenvalue weighted by molar-refractivity contribution is 5.77. The van der Waals surface area contributed by atoms with Crippen molar-refractivity contribution < 1.29 is 19.0 Å². The molecule has 5 heteroatoms. The summed E-state index contributed by atoms with van der Waals surface area (Å²) in [6.45, 7) is 3.10. The molecule has 0 atom stereocenters. The van der Waals surface area contributed by atoms with Gasteiger partial charge in [0.25, 0.3) is 5.91 Å². The summed E-state index contributed by atoms with van der Waals surface area (Å²) in [5.74, 6) is -0.487. The minimum absolute atomic E-state index is 0.137. The summed E-state index contributed by atoms with van der Waals surface area (Å²) in [4.78, 5) is 11.3. The molecule has 0 aliphatic rings. The molecular weight excluding hydrogens is 225 g/mol. The van der Waals surface area contributed by atoms with E-state index in [1.54, 1.807) is 19.9 Å². The second-order valence-electron chi connectivity index (χ2n) is 4.34. The number of nitrogens with one attached hydrogen (secondary N) is 1. The third kappa shape index (κ3) is 5.87. The van der Waals surface area contributed by atoms with Crippen LogP contribution in [0.2, 0.25) is 0 Å². The number of hydrogen-bond acceptors (Lipinski definition) is 3. The summed E-state index contributed by atoms with van der Waals surface area (Å²) in [5.41, 5.74) is -0.964. The lowest BCUT2D eigenvalue weighted by Crippen LogP contribution is -2.40. The maximum Gasteiger partial charge on any atom is 0.258 e. The van der Waals surface area contributed by atoms with Crippen molar-refractivity contribution in [1.82, 2.24) is 5.32 Å². The van der Waals surface area contributed by atoms with Gasteiger partial charge in [-0.2, -0.15) is 0 Å². The number of carbonyl (C=O) groups is 1. The number of carbonyl (C=O) groups excluding carboxylic acids is 1. The van der Waals surface area contributed by atoms with Crippen LogP contribution >= 0.6 is 0 Å². The van der Waals surface area contributed by atoms with Crippen LogP contribution < -0.4 is 10.1 Å². The zero-order valence-electron chi connectivity index (χ0n) is 9.87. The minimum atomic E-state index is -0.964. The van der Waals surface area contributed by atoms with Crippen LogP contribution in [0.4, 0.5) is 4.39 Å². The van der Waals surface area contributed by atoms with Gasteiger partial charge >= 0.3 is 0 Å². The van der Waals surface area contributed by atoms with Crippen LogP contribution in [0.5, 0.6) is 5.75 Å². The average molecular weight is 241 g/mol. The number of hydrogen-bond donors (Lipinski definition) is 2. The Morgan fingerprint density at radius 2 is 2.24 bits per heavy atom. The molecule has 4 nitrogen and oxygen atoms in total. The van der Waals surface area contributed by atoms with Crippen molar-refractivity contribution in [2.75, 3.05) is 13.2 Å². The van der Waals surface area contributed by atoms with Crippen molar-refractivity contribution in [1.29, 1.82) is 0 Å². The fourth-order valence-electron chi connectivity index (χ4n) is 1.07. The maximum atomic E-state index is 12.8. The quantitative estimate of drug-likeness (QED) is 0.811. The van der Waals surface area contributed by atoms with Gasteiger partial charge in [-0.25, -0.2) is 4.39 Å². The van der Waals surface area contributed by atoms with Gasteiger partial charge < -0.3 is 15.2 Å². The zero-order chi connectivity index (χ0) is 12.9. The Kier molecular flexibility index (Phi) is 4.45. The summed E-state index contributed by atoms with van der Waals surface area (Å²) < 4.78 is 17.9. The number of aliphatic hydroxyl groups is 1. The lowest BCUT2D eigenvalue weighted by atomic mass is 10.1. The first kappa shape index (κ1) is 13.4. The number of halogens is 1. The van der Waals surface area contributed by atoms with Gasteiger partial charge in [-0.1, -0.05) is 6.07 Å². The van der Waals surface area contributed by atoms with E-state index in [0.717, 1.165) is 0 Å². The van der Waals surface area contributed by atoms with Crippen LogP contribution in [0.25, 0.3) is 0 Å². The molecule has 1 aromatic carbocycles. The Bertz CT molecular complexity index is 388. The molecule has 17 heavy (non-hydrogen) atoms.